The Morgan fingerprint density at radius 1 is 1.62 bits per heavy atom. The standard InChI is InChI=1S/C11H11BrN2O2/c1-3-16-11(15)8-4-7(2)10-13-5-9(12)14(10)6-8/h4-6H,3H2,1-2H3. The molecular weight excluding hydrogens is 272 g/mol. The van der Waals surface area contributed by atoms with Gasteiger partial charge in [0.25, 0.3) is 0 Å². The first-order chi connectivity index (χ1) is 7.63. The smallest absolute Gasteiger partial charge is 0.339 e. The van der Waals surface area contributed by atoms with Crippen LogP contribution in [0.3, 0.4) is 0 Å². The van der Waals surface area contributed by atoms with Gasteiger partial charge in [-0.2, -0.15) is 0 Å². The van der Waals surface area contributed by atoms with Crippen LogP contribution in [0, 0.1) is 6.92 Å². The number of pyridine rings is 1. The van der Waals surface area contributed by atoms with Crippen molar-refractivity contribution in [2.45, 2.75) is 13.8 Å². The molecule has 0 N–H and O–H groups in total. The monoisotopic (exact) mass is 282 g/mol. The van der Waals surface area contributed by atoms with Gasteiger partial charge in [0.15, 0.2) is 0 Å². The first-order valence-corrected chi connectivity index (χ1v) is 5.73. The first kappa shape index (κ1) is 11.1. The molecule has 84 valence electrons. The van der Waals surface area contributed by atoms with Crippen molar-refractivity contribution < 1.29 is 9.53 Å². The summed E-state index contributed by atoms with van der Waals surface area (Å²) >= 11 is 3.37. The average molecular weight is 283 g/mol. The van der Waals surface area contributed by atoms with Crippen LogP contribution in [0.15, 0.2) is 23.1 Å². The molecule has 2 aromatic heterocycles. The molecule has 2 rings (SSSR count). The van der Waals surface area contributed by atoms with Crippen molar-refractivity contribution in [3.8, 4) is 0 Å². The molecule has 16 heavy (non-hydrogen) atoms. The average Bonchev–Trinajstić information content (AvgIpc) is 2.61. The fraction of sp³-hybridized carbons (Fsp3) is 0.273. The number of ether oxygens (including phenoxy) is 1. The van der Waals surface area contributed by atoms with Crippen LogP contribution < -0.4 is 0 Å². The van der Waals surface area contributed by atoms with E-state index in [0.29, 0.717) is 12.2 Å². The Morgan fingerprint density at radius 2 is 2.38 bits per heavy atom. The van der Waals surface area contributed by atoms with Crippen LogP contribution in [0.2, 0.25) is 0 Å². The van der Waals surface area contributed by atoms with Crippen molar-refractivity contribution in [2.24, 2.45) is 0 Å². The van der Waals surface area contributed by atoms with Crippen LogP contribution in [-0.2, 0) is 4.74 Å². The number of rotatable bonds is 2. The lowest BCUT2D eigenvalue weighted by Gasteiger charge is -2.05. The molecule has 0 aliphatic carbocycles. The van der Waals surface area contributed by atoms with E-state index in [1.165, 1.54) is 0 Å². The molecule has 0 saturated heterocycles. The zero-order valence-corrected chi connectivity index (χ0v) is 10.6. The number of hydrogen-bond acceptors (Lipinski definition) is 3. The predicted molar refractivity (Wildman–Crippen MR) is 63.6 cm³/mol. The van der Waals surface area contributed by atoms with Gasteiger partial charge in [-0.25, -0.2) is 9.78 Å². The molecule has 2 heterocycles. The highest BCUT2D eigenvalue weighted by Gasteiger charge is 2.11. The first-order valence-electron chi connectivity index (χ1n) is 4.93. The van der Waals surface area contributed by atoms with Gasteiger partial charge in [0.2, 0.25) is 0 Å². The van der Waals surface area contributed by atoms with E-state index < -0.39 is 0 Å². The van der Waals surface area contributed by atoms with Crippen LogP contribution >= 0.6 is 15.9 Å². The molecule has 0 spiro atoms. The molecule has 0 aliphatic rings. The van der Waals surface area contributed by atoms with Crippen LogP contribution in [-0.4, -0.2) is 22.0 Å². The van der Waals surface area contributed by atoms with Gasteiger partial charge in [-0.1, -0.05) is 0 Å². The fourth-order valence-electron chi connectivity index (χ4n) is 1.55. The Kier molecular flexibility index (Phi) is 2.96. The Bertz CT molecular complexity index is 548. The van der Waals surface area contributed by atoms with E-state index in [1.807, 2.05) is 11.3 Å². The maximum Gasteiger partial charge on any atom is 0.339 e. The molecule has 4 nitrogen and oxygen atoms in total. The number of nitrogens with zero attached hydrogens (tertiary/aromatic N) is 2. The lowest BCUT2D eigenvalue weighted by atomic mass is 10.2. The summed E-state index contributed by atoms with van der Waals surface area (Å²) in [5, 5.41) is 0. The maximum absolute atomic E-state index is 11.6. The Hall–Kier alpha value is -1.36. The zero-order chi connectivity index (χ0) is 11.7. The molecule has 2 aromatic rings. The van der Waals surface area contributed by atoms with E-state index in [4.69, 9.17) is 4.74 Å². The molecule has 0 fully saturated rings. The summed E-state index contributed by atoms with van der Waals surface area (Å²) in [6, 6.07) is 1.78. The summed E-state index contributed by atoms with van der Waals surface area (Å²) in [5.41, 5.74) is 2.31. The van der Waals surface area contributed by atoms with Crippen LogP contribution in [0.1, 0.15) is 22.8 Å². The summed E-state index contributed by atoms with van der Waals surface area (Å²) in [5.74, 6) is -0.312. The minimum absolute atomic E-state index is 0.312. The second-order valence-electron chi connectivity index (χ2n) is 3.41. The minimum atomic E-state index is -0.312. The molecule has 0 radical (unpaired) electrons. The summed E-state index contributed by atoms with van der Waals surface area (Å²) in [6.45, 7) is 4.08. The third kappa shape index (κ3) is 1.82. The molecule has 0 aromatic carbocycles. The zero-order valence-electron chi connectivity index (χ0n) is 9.03. The third-order valence-electron chi connectivity index (χ3n) is 2.26. The molecule has 5 heteroatoms. The SMILES string of the molecule is CCOC(=O)c1cc(C)c2ncc(Br)n2c1. The fourth-order valence-corrected chi connectivity index (χ4v) is 1.93. The molecule has 0 bridgehead atoms. The van der Waals surface area contributed by atoms with E-state index in [2.05, 4.69) is 20.9 Å². The highest BCUT2D eigenvalue weighted by Crippen LogP contribution is 2.18. The number of imidazole rings is 1. The van der Waals surface area contributed by atoms with Crippen molar-refractivity contribution >= 4 is 27.5 Å². The van der Waals surface area contributed by atoms with Gasteiger partial charge < -0.3 is 4.74 Å². The predicted octanol–water partition coefficient (Wildman–Crippen LogP) is 2.58. The van der Waals surface area contributed by atoms with Gasteiger partial charge in [-0.3, -0.25) is 4.40 Å². The summed E-state index contributed by atoms with van der Waals surface area (Å²) < 4.78 is 7.60. The van der Waals surface area contributed by atoms with Crippen molar-refractivity contribution in [1.82, 2.24) is 9.38 Å². The number of aryl methyl sites for hydroxylation is 1. The van der Waals surface area contributed by atoms with Gasteiger partial charge in [-0.15, -0.1) is 0 Å². The number of esters is 1. The van der Waals surface area contributed by atoms with Crippen LogP contribution in [0.4, 0.5) is 0 Å². The molecule has 0 amide bonds. The minimum Gasteiger partial charge on any atom is -0.462 e. The van der Waals surface area contributed by atoms with E-state index in [1.54, 1.807) is 25.4 Å². The number of halogens is 1. The number of hydrogen-bond donors (Lipinski definition) is 0. The summed E-state index contributed by atoms with van der Waals surface area (Å²) in [6.07, 6.45) is 3.43. The summed E-state index contributed by atoms with van der Waals surface area (Å²) in [4.78, 5) is 15.8. The Balaban J connectivity index is 2.56. The quantitative estimate of drug-likeness (QED) is 0.796. The second-order valence-corrected chi connectivity index (χ2v) is 4.22. The lowest BCUT2D eigenvalue weighted by Crippen LogP contribution is -2.06. The van der Waals surface area contributed by atoms with E-state index in [9.17, 15) is 4.79 Å². The van der Waals surface area contributed by atoms with E-state index in [0.717, 1.165) is 15.8 Å². The molecule has 0 aliphatic heterocycles. The number of carbonyl (C=O) groups excluding carboxylic acids is 1. The van der Waals surface area contributed by atoms with Crippen molar-refractivity contribution in [2.75, 3.05) is 6.61 Å². The van der Waals surface area contributed by atoms with E-state index >= 15 is 0 Å². The largest absolute Gasteiger partial charge is 0.462 e. The van der Waals surface area contributed by atoms with Crippen molar-refractivity contribution in [3.05, 3.63) is 34.2 Å². The number of aromatic nitrogens is 2. The van der Waals surface area contributed by atoms with Crippen molar-refractivity contribution in [1.29, 1.82) is 0 Å². The summed E-state index contributed by atoms with van der Waals surface area (Å²) in [7, 11) is 0. The van der Waals surface area contributed by atoms with Crippen LogP contribution in [0.25, 0.3) is 5.65 Å². The molecule has 0 atom stereocenters. The third-order valence-corrected chi connectivity index (χ3v) is 2.84. The highest BCUT2D eigenvalue weighted by molar-refractivity contribution is 9.10. The molecular formula is C11H11BrN2O2. The highest BCUT2D eigenvalue weighted by atomic mass is 79.9. The molecule has 0 saturated carbocycles. The normalized spacial score (nSPS) is 10.7. The van der Waals surface area contributed by atoms with Crippen molar-refractivity contribution in [3.63, 3.8) is 0 Å². The van der Waals surface area contributed by atoms with Gasteiger partial charge in [-0.05, 0) is 41.4 Å². The Labute approximate surface area is 101 Å². The lowest BCUT2D eigenvalue weighted by molar-refractivity contribution is 0.0525. The number of fused-ring (bicyclic) bond motifs is 1. The molecule has 0 unspecified atom stereocenters. The number of carbonyl (C=O) groups is 1. The maximum atomic E-state index is 11.6. The second kappa shape index (κ2) is 4.25. The van der Waals surface area contributed by atoms with Gasteiger partial charge >= 0.3 is 5.97 Å². The van der Waals surface area contributed by atoms with Gasteiger partial charge in [0.05, 0.1) is 18.4 Å². The topological polar surface area (TPSA) is 43.6 Å². The van der Waals surface area contributed by atoms with E-state index in [-0.39, 0.29) is 5.97 Å². The van der Waals surface area contributed by atoms with Crippen LogP contribution in [0.5, 0.6) is 0 Å². The van der Waals surface area contributed by atoms with Gasteiger partial charge in [0, 0.05) is 6.20 Å². The van der Waals surface area contributed by atoms with Gasteiger partial charge in [0.1, 0.15) is 10.3 Å². The Morgan fingerprint density at radius 3 is 3.06 bits per heavy atom.